The van der Waals surface area contributed by atoms with Crippen molar-refractivity contribution in [2.24, 2.45) is 0 Å². The Morgan fingerprint density at radius 3 is 3.00 bits per heavy atom. The minimum Gasteiger partial charge on any atom is -0.382 e. The van der Waals surface area contributed by atoms with Gasteiger partial charge in [-0.15, -0.1) is 0 Å². The van der Waals surface area contributed by atoms with Crippen LogP contribution in [0, 0.1) is 0 Å². The van der Waals surface area contributed by atoms with E-state index in [1.807, 2.05) is 10.7 Å². The molecule has 1 aliphatic rings. The topological polar surface area (TPSA) is 65.4 Å². The number of ether oxygens (including phenoxy) is 2. The number of nitrogens with one attached hydrogen (secondary N) is 1. The SMILES string of the molecule is COCCOCC(=O)Nc1ccnn1C1CCCC1. The van der Waals surface area contributed by atoms with Crippen molar-refractivity contribution >= 4 is 11.7 Å². The highest BCUT2D eigenvalue weighted by Crippen LogP contribution is 2.31. The van der Waals surface area contributed by atoms with Crippen molar-refractivity contribution in [2.45, 2.75) is 31.7 Å². The van der Waals surface area contributed by atoms with E-state index in [-0.39, 0.29) is 12.5 Å². The van der Waals surface area contributed by atoms with Gasteiger partial charge in [-0.1, -0.05) is 12.8 Å². The van der Waals surface area contributed by atoms with Crippen LogP contribution in [0.15, 0.2) is 12.3 Å². The van der Waals surface area contributed by atoms with Crippen molar-refractivity contribution in [3.8, 4) is 0 Å². The molecule has 1 N–H and O–H groups in total. The first-order chi connectivity index (χ1) is 9.31. The molecule has 6 nitrogen and oxygen atoms in total. The van der Waals surface area contributed by atoms with Crippen molar-refractivity contribution in [1.82, 2.24) is 9.78 Å². The number of methoxy groups -OCH3 is 1. The van der Waals surface area contributed by atoms with Crippen LogP contribution in [0.1, 0.15) is 31.7 Å². The molecule has 1 aromatic rings. The first kappa shape index (κ1) is 14.0. The third-order valence-electron chi connectivity index (χ3n) is 3.27. The molecular weight excluding hydrogens is 246 g/mol. The van der Waals surface area contributed by atoms with Gasteiger partial charge in [0, 0.05) is 13.2 Å². The molecule has 0 saturated heterocycles. The highest BCUT2D eigenvalue weighted by atomic mass is 16.5. The van der Waals surface area contributed by atoms with E-state index in [1.54, 1.807) is 13.3 Å². The maximum absolute atomic E-state index is 11.7. The normalized spacial score (nSPS) is 15.8. The van der Waals surface area contributed by atoms with Gasteiger partial charge in [0.2, 0.25) is 0 Å². The number of carbonyl (C=O) groups excluding carboxylic acids is 1. The molecule has 19 heavy (non-hydrogen) atoms. The molecule has 1 fully saturated rings. The zero-order valence-electron chi connectivity index (χ0n) is 11.3. The van der Waals surface area contributed by atoms with Crippen molar-refractivity contribution in [3.05, 3.63) is 12.3 Å². The summed E-state index contributed by atoms with van der Waals surface area (Å²) in [5, 5.41) is 7.14. The second-order valence-electron chi connectivity index (χ2n) is 4.69. The molecule has 1 aromatic heterocycles. The molecule has 0 aliphatic heterocycles. The third-order valence-corrected chi connectivity index (χ3v) is 3.27. The van der Waals surface area contributed by atoms with Gasteiger partial charge < -0.3 is 14.8 Å². The van der Waals surface area contributed by atoms with E-state index < -0.39 is 0 Å². The van der Waals surface area contributed by atoms with Crippen LogP contribution in [-0.4, -0.2) is 42.6 Å². The van der Waals surface area contributed by atoms with Crippen molar-refractivity contribution in [2.75, 3.05) is 32.2 Å². The number of hydrogen-bond donors (Lipinski definition) is 1. The number of hydrogen-bond acceptors (Lipinski definition) is 4. The fraction of sp³-hybridized carbons (Fsp3) is 0.692. The molecule has 0 radical (unpaired) electrons. The largest absolute Gasteiger partial charge is 0.382 e. The highest BCUT2D eigenvalue weighted by Gasteiger charge is 2.20. The van der Waals surface area contributed by atoms with Crippen molar-refractivity contribution < 1.29 is 14.3 Å². The standard InChI is InChI=1S/C13H21N3O3/c1-18-8-9-19-10-13(17)15-12-6-7-14-16(12)11-4-2-3-5-11/h6-7,11H,2-5,8-10H2,1H3,(H,15,17). The first-order valence-corrected chi connectivity index (χ1v) is 6.71. The quantitative estimate of drug-likeness (QED) is 0.762. The van der Waals surface area contributed by atoms with Gasteiger partial charge in [0.1, 0.15) is 12.4 Å². The predicted octanol–water partition coefficient (Wildman–Crippen LogP) is 1.60. The van der Waals surface area contributed by atoms with Crippen LogP contribution in [-0.2, 0) is 14.3 Å². The zero-order chi connectivity index (χ0) is 13.5. The molecule has 0 atom stereocenters. The molecule has 0 aromatic carbocycles. The molecule has 1 saturated carbocycles. The summed E-state index contributed by atoms with van der Waals surface area (Å²) in [6, 6.07) is 2.24. The van der Waals surface area contributed by atoms with E-state index in [1.165, 1.54) is 12.8 Å². The van der Waals surface area contributed by atoms with Gasteiger partial charge in [0.05, 0.1) is 25.5 Å². The number of rotatable bonds is 7. The van der Waals surface area contributed by atoms with Crippen LogP contribution >= 0.6 is 0 Å². The lowest BCUT2D eigenvalue weighted by atomic mass is 10.2. The third kappa shape index (κ3) is 4.04. The molecule has 1 amide bonds. The summed E-state index contributed by atoms with van der Waals surface area (Å²) in [5.74, 6) is 0.600. The second-order valence-corrected chi connectivity index (χ2v) is 4.69. The Balaban J connectivity index is 1.81. The molecule has 0 unspecified atom stereocenters. The molecular formula is C13H21N3O3. The van der Waals surface area contributed by atoms with E-state index in [9.17, 15) is 4.79 Å². The minimum atomic E-state index is -0.157. The predicted molar refractivity (Wildman–Crippen MR) is 71.1 cm³/mol. The highest BCUT2D eigenvalue weighted by molar-refractivity contribution is 5.90. The van der Waals surface area contributed by atoms with Crippen LogP contribution in [0.25, 0.3) is 0 Å². The summed E-state index contributed by atoms with van der Waals surface area (Å²) in [5.41, 5.74) is 0. The van der Waals surface area contributed by atoms with E-state index >= 15 is 0 Å². The average molecular weight is 267 g/mol. The van der Waals surface area contributed by atoms with Crippen LogP contribution in [0.2, 0.25) is 0 Å². The maximum Gasteiger partial charge on any atom is 0.251 e. The lowest BCUT2D eigenvalue weighted by Crippen LogP contribution is -2.22. The monoisotopic (exact) mass is 267 g/mol. The van der Waals surface area contributed by atoms with Crippen molar-refractivity contribution in [3.63, 3.8) is 0 Å². The van der Waals surface area contributed by atoms with Gasteiger partial charge in [-0.05, 0) is 12.8 Å². The Morgan fingerprint density at radius 2 is 2.26 bits per heavy atom. The number of aromatic nitrogens is 2. The Morgan fingerprint density at radius 1 is 1.47 bits per heavy atom. The van der Waals surface area contributed by atoms with E-state index in [0.29, 0.717) is 19.3 Å². The van der Waals surface area contributed by atoms with E-state index in [2.05, 4.69) is 10.4 Å². The van der Waals surface area contributed by atoms with Gasteiger partial charge in [-0.3, -0.25) is 4.79 Å². The van der Waals surface area contributed by atoms with Gasteiger partial charge in [0.15, 0.2) is 0 Å². The summed E-state index contributed by atoms with van der Waals surface area (Å²) in [6.07, 6.45) is 6.46. The summed E-state index contributed by atoms with van der Waals surface area (Å²) in [7, 11) is 1.60. The van der Waals surface area contributed by atoms with Crippen molar-refractivity contribution in [1.29, 1.82) is 0 Å². The Labute approximate surface area is 113 Å². The molecule has 2 rings (SSSR count). The van der Waals surface area contributed by atoms with Gasteiger partial charge in [-0.25, -0.2) is 4.68 Å². The van der Waals surface area contributed by atoms with E-state index in [4.69, 9.17) is 9.47 Å². The number of nitrogens with zero attached hydrogens (tertiary/aromatic N) is 2. The average Bonchev–Trinajstić information content (AvgIpc) is 3.04. The fourth-order valence-corrected chi connectivity index (χ4v) is 2.34. The molecule has 6 heteroatoms. The summed E-state index contributed by atoms with van der Waals surface area (Å²) < 4.78 is 11.9. The molecule has 0 spiro atoms. The fourth-order valence-electron chi connectivity index (χ4n) is 2.34. The van der Waals surface area contributed by atoms with Crippen LogP contribution < -0.4 is 5.32 Å². The Kier molecular flexibility index (Phi) is 5.35. The second kappa shape index (κ2) is 7.25. The minimum absolute atomic E-state index is 0.0409. The molecule has 1 aliphatic carbocycles. The number of amides is 1. The summed E-state index contributed by atoms with van der Waals surface area (Å²) in [6.45, 7) is 0.957. The van der Waals surface area contributed by atoms with Crippen LogP contribution in [0.4, 0.5) is 5.82 Å². The van der Waals surface area contributed by atoms with Crippen LogP contribution in [0.3, 0.4) is 0 Å². The van der Waals surface area contributed by atoms with Gasteiger partial charge in [0.25, 0.3) is 5.91 Å². The Bertz CT molecular complexity index is 400. The summed E-state index contributed by atoms with van der Waals surface area (Å²) >= 11 is 0. The number of anilines is 1. The first-order valence-electron chi connectivity index (χ1n) is 6.71. The maximum atomic E-state index is 11.7. The molecule has 106 valence electrons. The summed E-state index contributed by atoms with van der Waals surface area (Å²) in [4.78, 5) is 11.7. The Hall–Kier alpha value is -1.40. The smallest absolute Gasteiger partial charge is 0.251 e. The number of carbonyl (C=O) groups is 1. The lowest BCUT2D eigenvalue weighted by molar-refractivity contribution is -0.121. The van der Waals surface area contributed by atoms with Crippen LogP contribution in [0.5, 0.6) is 0 Å². The van der Waals surface area contributed by atoms with E-state index in [0.717, 1.165) is 18.7 Å². The van der Waals surface area contributed by atoms with Gasteiger partial charge in [-0.2, -0.15) is 5.10 Å². The zero-order valence-corrected chi connectivity index (χ0v) is 11.3. The lowest BCUT2D eigenvalue weighted by Gasteiger charge is -2.14. The molecule has 1 heterocycles. The van der Waals surface area contributed by atoms with Gasteiger partial charge >= 0.3 is 0 Å². The molecule has 0 bridgehead atoms.